The van der Waals surface area contributed by atoms with E-state index in [-0.39, 0.29) is 5.82 Å². The van der Waals surface area contributed by atoms with Crippen molar-refractivity contribution < 1.29 is 4.39 Å². The molecule has 1 aliphatic carbocycles. The van der Waals surface area contributed by atoms with Gasteiger partial charge in [0.1, 0.15) is 5.82 Å². The third kappa shape index (κ3) is 1.78. The molecule has 1 heterocycles. The molecule has 2 aliphatic rings. The summed E-state index contributed by atoms with van der Waals surface area (Å²) in [7, 11) is 0. The van der Waals surface area contributed by atoms with Crippen molar-refractivity contribution in [2.45, 2.75) is 37.6 Å². The Hall–Kier alpha value is -0.890. The van der Waals surface area contributed by atoms with Gasteiger partial charge in [-0.05, 0) is 55.3 Å². The molecular weight excluding hydrogens is 189 g/mol. The van der Waals surface area contributed by atoms with Crippen LogP contribution in [0.3, 0.4) is 0 Å². The maximum atomic E-state index is 13.8. The number of halogens is 1. The van der Waals surface area contributed by atoms with Crippen LogP contribution in [-0.4, -0.2) is 6.54 Å². The van der Waals surface area contributed by atoms with Crippen LogP contribution in [0.4, 0.5) is 4.39 Å². The second kappa shape index (κ2) is 3.60. The van der Waals surface area contributed by atoms with E-state index >= 15 is 0 Å². The van der Waals surface area contributed by atoms with E-state index in [9.17, 15) is 4.39 Å². The Balaban J connectivity index is 1.87. The van der Waals surface area contributed by atoms with Gasteiger partial charge in [-0.25, -0.2) is 4.39 Å². The molecule has 1 nitrogen and oxygen atoms in total. The van der Waals surface area contributed by atoms with Gasteiger partial charge in [0.2, 0.25) is 0 Å². The van der Waals surface area contributed by atoms with Gasteiger partial charge in [0.25, 0.3) is 0 Å². The average Bonchev–Trinajstić information content (AvgIpc) is 2.93. The lowest BCUT2D eigenvalue weighted by Crippen LogP contribution is -2.13. The minimum Gasteiger partial charge on any atom is -0.310 e. The molecule has 1 atom stereocenters. The van der Waals surface area contributed by atoms with Gasteiger partial charge in [-0.3, -0.25) is 0 Å². The van der Waals surface area contributed by atoms with Crippen LogP contribution in [0.2, 0.25) is 0 Å². The predicted octanol–water partition coefficient (Wildman–Crippen LogP) is 3.13. The highest BCUT2D eigenvalue weighted by molar-refractivity contribution is 5.31. The number of rotatable bonds is 2. The maximum Gasteiger partial charge on any atom is 0.127 e. The zero-order valence-electron chi connectivity index (χ0n) is 8.80. The molecule has 1 N–H and O–H groups in total. The molecular formula is C13H16FN. The van der Waals surface area contributed by atoms with Crippen molar-refractivity contribution in [3.05, 3.63) is 35.1 Å². The monoisotopic (exact) mass is 205 g/mol. The van der Waals surface area contributed by atoms with Gasteiger partial charge >= 0.3 is 0 Å². The lowest BCUT2D eigenvalue weighted by molar-refractivity contribution is 0.594. The Morgan fingerprint density at radius 1 is 1.20 bits per heavy atom. The highest BCUT2D eigenvalue weighted by Crippen LogP contribution is 2.41. The third-order valence-electron chi connectivity index (χ3n) is 3.50. The maximum absolute atomic E-state index is 13.8. The second-order valence-electron chi connectivity index (χ2n) is 4.70. The van der Waals surface area contributed by atoms with E-state index in [1.54, 1.807) is 6.07 Å². The molecule has 0 amide bonds. The average molecular weight is 205 g/mol. The van der Waals surface area contributed by atoms with Crippen molar-refractivity contribution >= 4 is 0 Å². The zero-order valence-corrected chi connectivity index (χ0v) is 8.80. The van der Waals surface area contributed by atoms with Crippen LogP contribution >= 0.6 is 0 Å². The van der Waals surface area contributed by atoms with E-state index in [2.05, 4.69) is 11.4 Å². The van der Waals surface area contributed by atoms with Gasteiger partial charge < -0.3 is 5.32 Å². The van der Waals surface area contributed by atoms with Crippen molar-refractivity contribution in [1.82, 2.24) is 5.32 Å². The van der Waals surface area contributed by atoms with E-state index in [1.807, 2.05) is 6.07 Å². The largest absolute Gasteiger partial charge is 0.310 e. The van der Waals surface area contributed by atoms with Gasteiger partial charge in [0.15, 0.2) is 0 Å². The van der Waals surface area contributed by atoms with E-state index in [0.717, 1.165) is 36.9 Å². The van der Waals surface area contributed by atoms with Crippen molar-refractivity contribution in [3.8, 4) is 0 Å². The van der Waals surface area contributed by atoms with E-state index < -0.39 is 0 Å². The molecule has 15 heavy (non-hydrogen) atoms. The van der Waals surface area contributed by atoms with Gasteiger partial charge in [0, 0.05) is 6.04 Å². The summed E-state index contributed by atoms with van der Waals surface area (Å²) < 4.78 is 13.8. The molecule has 0 radical (unpaired) electrons. The molecule has 80 valence electrons. The molecule has 1 aromatic carbocycles. The quantitative estimate of drug-likeness (QED) is 0.782. The standard InChI is InChI=1S/C13H16FN/c14-12-8-10(13-2-1-7-15-13)5-6-11(12)9-3-4-9/h5-6,8-9,13,15H,1-4,7H2. The molecule has 0 aromatic heterocycles. The molecule has 0 spiro atoms. The predicted molar refractivity (Wildman–Crippen MR) is 58.4 cm³/mol. The van der Waals surface area contributed by atoms with Crippen LogP contribution in [0, 0.1) is 5.82 Å². The Labute approximate surface area is 89.7 Å². The number of benzene rings is 1. The van der Waals surface area contributed by atoms with E-state index in [4.69, 9.17) is 0 Å². The Morgan fingerprint density at radius 3 is 2.67 bits per heavy atom. The van der Waals surface area contributed by atoms with Crippen molar-refractivity contribution in [2.24, 2.45) is 0 Å². The zero-order chi connectivity index (χ0) is 10.3. The molecule has 1 aliphatic heterocycles. The van der Waals surface area contributed by atoms with Crippen LogP contribution in [0.15, 0.2) is 18.2 Å². The van der Waals surface area contributed by atoms with Gasteiger partial charge in [-0.2, -0.15) is 0 Å². The summed E-state index contributed by atoms with van der Waals surface area (Å²) in [5, 5.41) is 3.40. The number of nitrogens with one attached hydrogen (secondary N) is 1. The fraction of sp³-hybridized carbons (Fsp3) is 0.538. The highest BCUT2D eigenvalue weighted by Gasteiger charge is 2.27. The molecule has 1 aromatic rings. The van der Waals surface area contributed by atoms with Crippen molar-refractivity contribution in [1.29, 1.82) is 0 Å². The lowest BCUT2D eigenvalue weighted by atomic mass is 10.0. The van der Waals surface area contributed by atoms with Crippen molar-refractivity contribution in [2.75, 3.05) is 6.54 Å². The fourth-order valence-corrected chi connectivity index (χ4v) is 2.45. The van der Waals surface area contributed by atoms with Crippen LogP contribution < -0.4 is 5.32 Å². The number of hydrogen-bond donors (Lipinski definition) is 1. The first-order valence-electron chi connectivity index (χ1n) is 5.87. The summed E-state index contributed by atoms with van der Waals surface area (Å²) in [5.41, 5.74) is 2.05. The van der Waals surface area contributed by atoms with Crippen LogP contribution in [-0.2, 0) is 0 Å². The van der Waals surface area contributed by atoms with Gasteiger partial charge in [-0.1, -0.05) is 12.1 Å². The summed E-state index contributed by atoms with van der Waals surface area (Å²) in [4.78, 5) is 0. The molecule has 1 saturated carbocycles. The number of hydrogen-bond acceptors (Lipinski definition) is 1. The van der Waals surface area contributed by atoms with E-state index in [1.165, 1.54) is 6.42 Å². The summed E-state index contributed by atoms with van der Waals surface area (Å²) >= 11 is 0. The molecule has 1 saturated heterocycles. The van der Waals surface area contributed by atoms with Gasteiger partial charge in [0.05, 0.1) is 0 Å². The van der Waals surface area contributed by atoms with Crippen molar-refractivity contribution in [3.63, 3.8) is 0 Å². The highest BCUT2D eigenvalue weighted by atomic mass is 19.1. The van der Waals surface area contributed by atoms with Crippen LogP contribution in [0.25, 0.3) is 0 Å². The SMILES string of the molecule is Fc1cc(C2CCCN2)ccc1C1CC1. The minimum atomic E-state index is 0.00343. The first-order chi connectivity index (χ1) is 7.34. The molecule has 1 unspecified atom stereocenters. The fourth-order valence-electron chi connectivity index (χ4n) is 2.45. The summed E-state index contributed by atoms with van der Waals surface area (Å²) in [6.45, 7) is 1.07. The Morgan fingerprint density at radius 2 is 2.07 bits per heavy atom. The first-order valence-corrected chi connectivity index (χ1v) is 5.87. The summed E-state index contributed by atoms with van der Waals surface area (Å²) in [6, 6.07) is 6.20. The summed E-state index contributed by atoms with van der Waals surface area (Å²) in [6.07, 6.45) is 4.68. The third-order valence-corrected chi connectivity index (χ3v) is 3.50. The smallest absolute Gasteiger partial charge is 0.127 e. The molecule has 2 heteroatoms. The molecule has 0 bridgehead atoms. The van der Waals surface area contributed by atoms with E-state index in [0.29, 0.717) is 12.0 Å². The van der Waals surface area contributed by atoms with Crippen LogP contribution in [0.5, 0.6) is 0 Å². The Bertz CT molecular complexity index is 365. The molecule has 3 rings (SSSR count). The van der Waals surface area contributed by atoms with Crippen LogP contribution in [0.1, 0.15) is 48.8 Å². The van der Waals surface area contributed by atoms with Gasteiger partial charge in [-0.15, -0.1) is 0 Å². The Kier molecular flexibility index (Phi) is 2.24. The summed E-state index contributed by atoms with van der Waals surface area (Å²) in [5.74, 6) is 0.513. The topological polar surface area (TPSA) is 12.0 Å². The first kappa shape index (κ1) is 9.34. The second-order valence-corrected chi connectivity index (χ2v) is 4.70. The lowest BCUT2D eigenvalue weighted by Gasteiger charge is -2.11. The minimum absolute atomic E-state index is 0.00343. The molecule has 2 fully saturated rings. The normalized spacial score (nSPS) is 25.8.